The van der Waals surface area contributed by atoms with Gasteiger partial charge in [-0.3, -0.25) is 0 Å². The third kappa shape index (κ3) is 4.51. The maximum Gasteiger partial charge on any atom is 0.126 e. The molecular formula is C17H18ClF2N. The van der Waals surface area contributed by atoms with E-state index < -0.39 is 0 Å². The van der Waals surface area contributed by atoms with E-state index in [0.717, 1.165) is 18.5 Å². The lowest BCUT2D eigenvalue weighted by Gasteiger charge is -2.20. The number of halogens is 3. The highest BCUT2D eigenvalue weighted by atomic mass is 35.5. The number of hydrogen-bond acceptors (Lipinski definition) is 1. The fourth-order valence-corrected chi connectivity index (χ4v) is 2.46. The van der Waals surface area contributed by atoms with Crippen LogP contribution < -0.4 is 5.32 Å². The Morgan fingerprint density at radius 1 is 1.14 bits per heavy atom. The smallest absolute Gasteiger partial charge is 0.126 e. The quantitative estimate of drug-likeness (QED) is 0.800. The van der Waals surface area contributed by atoms with Gasteiger partial charge >= 0.3 is 0 Å². The van der Waals surface area contributed by atoms with Gasteiger partial charge in [-0.15, -0.1) is 0 Å². The van der Waals surface area contributed by atoms with Gasteiger partial charge in [0.2, 0.25) is 0 Å². The average molecular weight is 310 g/mol. The second kappa shape index (κ2) is 7.53. The van der Waals surface area contributed by atoms with E-state index in [-0.39, 0.29) is 17.7 Å². The topological polar surface area (TPSA) is 12.0 Å². The second-order valence-electron chi connectivity index (χ2n) is 5.00. The van der Waals surface area contributed by atoms with Crippen molar-refractivity contribution in [2.24, 2.45) is 0 Å². The zero-order valence-corrected chi connectivity index (χ0v) is 12.6. The van der Waals surface area contributed by atoms with E-state index in [0.29, 0.717) is 17.0 Å². The van der Waals surface area contributed by atoms with E-state index >= 15 is 0 Å². The minimum absolute atomic E-state index is 0.145. The van der Waals surface area contributed by atoms with E-state index in [1.165, 1.54) is 24.3 Å². The van der Waals surface area contributed by atoms with Crippen molar-refractivity contribution in [1.82, 2.24) is 5.32 Å². The molecule has 1 nitrogen and oxygen atoms in total. The van der Waals surface area contributed by atoms with Crippen molar-refractivity contribution in [1.29, 1.82) is 0 Å². The van der Waals surface area contributed by atoms with Crippen LogP contribution in [-0.2, 0) is 6.42 Å². The van der Waals surface area contributed by atoms with Crippen molar-refractivity contribution in [3.05, 3.63) is 70.2 Å². The molecule has 0 aliphatic heterocycles. The molecule has 1 unspecified atom stereocenters. The lowest BCUT2D eigenvalue weighted by molar-refractivity contribution is 0.509. The van der Waals surface area contributed by atoms with Gasteiger partial charge in [0.05, 0.1) is 0 Å². The van der Waals surface area contributed by atoms with Gasteiger partial charge in [-0.25, -0.2) is 8.78 Å². The molecule has 0 saturated heterocycles. The van der Waals surface area contributed by atoms with Crippen LogP contribution in [0.3, 0.4) is 0 Å². The zero-order valence-electron chi connectivity index (χ0n) is 11.9. The lowest BCUT2D eigenvalue weighted by atomic mass is 9.98. The molecule has 1 N–H and O–H groups in total. The highest BCUT2D eigenvalue weighted by Gasteiger charge is 2.15. The predicted molar refractivity (Wildman–Crippen MR) is 82.5 cm³/mol. The molecular weight excluding hydrogens is 292 g/mol. The van der Waals surface area contributed by atoms with Crippen molar-refractivity contribution in [2.75, 3.05) is 6.54 Å². The van der Waals surface area contributed by atoms with Crippen LogP contribution in [0.15, 0.2) is 42.5 Å². The summed E-state index contributed by atoms with van der Waals surface area (Å²) in [5, 5.41) is 3.83. The summed E-state index contributed by atoms with van der Waals surface area (Å²) in [5.41, 5.74) is 1.34. The summed E-state index contributed by atoms with van der Waals surface area (Å²) >= 11 is 5.93. The minimum Gasteiger partial charge on any atom is -0.310 e. The van der Waals surface area contributed by atoms with Crippen molar-refractivity contribution in [2.45, 2.75) is 25.8 Å². The van der Waals surface area contributed by atoms with Crippen LogP contribution in [0.5, 0.6) is 0 Å². The predicted octanol–water partition coefficient (Wildman–Crippen LogP) is 4.90. The molecule has 0 amide bonds. The number of nitrogens with one attached hydrogen (secondary N) is 1. The first-order chi connectivity index (χ1) is 10.1. The maximum absolute atomic E-state index is 13.9. The monoisotopic (exact) mass is 309 g/mol. The summed E-state index contributed by atoms with van der Waals surface area (Å²) in [7, 11) is 0. The molecule has 1 atom stereocenters. The third-order valence-electron chi connectivity index (χ3n) is 3.32. The highest BCUT2D eigenvalue weighted by Crippen LogP contribution is 2.23. The summed E-state index contributed by atoms with van der Waals surface area (Å²) < 4.78 is 27.3. The van der Waals surface area contributed by atoms with E-state index in [1.54, 1.807) is 12.1 Å². The van der Waals surface area contributed by atoms with Crippen molar-refractivity contribution in [3.63, 3.8) is 0 Å². The number of rotatable bonds is 6. The van der Waals surface area contributed by atoms with E-state index in [4.69, 9.17) is 11.6 Å². The van der Waals surface area contributed by atoms with Gasteiger partial charge < -0.3 is 5.32 Å². The molecule has 2 aromatic carbocycles. The molecule has 0 spiro atoms. The Balaban J connectivity index is 2.25. The van der Waals surface area contributed by atoms with Crippen LogP contribution in [0, 0.1) is 11.6 Å². The SMILES string of the molecule is CCCNC(Cc1cc(Cl)ccc1F)c1cccc(F)c1. The molecule has 0 aliphatic carbocycles. The van der Waals surface area contributed by atoms with Gasteiger partial charge in [0.25, 0.3) is 0 Å². The molecule has 21 heavy (non-hydrogen) atoms. The molecule has 112 valence electrons. The summed E-state index contributed by atoms with van der Waals surface area (Å²) in [4.78, 5) is 0. The van der Waals surface area contributed by atoms with E-state index in [1.807, 2.05) is 6.07 Å². The Morgan fingerprint density at radius 3 is 2.67 bits per heavy atom. The first kappa shape index (κ1) is 15.9. The number of hydrogen-bond donors (Lipinski definition) is 1. The average Bonchev–Trinajstić information content (AvgIpc) is 2.47. The van der Waals surface area contributed by atoms with Crippen LogP contribution in [0.2, 0.25) is 5.02 Å². The summed E-state index contributed by atoms with van der Waals surface area (Å²) in [6, 6.07) is 10.8. The molecule has 0 heterocycles. The molecule has 4 heteroatoms. The Morgan fingerprint density at radius 2 is 1.95 bits per heavy atom. The first-order valence-electron chi connectivity index (χ1n) is 7.03. The molecule has 0 aliphatic rings. The summed E-state index contributed by atoms with van der Waals surface area (Å²) in [5.74, 6) is -0.582. The van der Waals surface area contributed by atoms with Gasteiger partial charge in [0.1, 0.15) is 11.6 Å². The molecule has 0 bridgehead atoms. The van der Waals surface area contributed by atoms with Crippen LogP contribution in [0.1, 0.15) is 30.5 Å². The minimum atomic E-state index is -0.292. The Hall–Kier alpha value is -1.45. The Bertz CT molecular complexity index is 601. The normalized spacial score (nSPS) is 12.4. The molecule has 2 rings (SSSR count). The second-order valence-corrected chi connectivity index (χ2v) is 5.44. The molecule has 0 aromatic heterocycles. The fourth-order valence-electron chi connectivity index (χ4n) is 2.27. The Kier molecular flexibility index (Phi) is 5.71. The first-order valence-corrected chi connectivity index (χ1v) is 7.40. The van der Waals surface area contributed by atoms with Crippen LogP contribution in [-0.4, -0.2) is 6.54 Å². The lowest BCUT2D eigenvalue weighted by Crippen LogP contribution is -2.24. The highest BCUT2D eigenvalue weighted by molar-refractivity contribution is 6.30. The Labute approximate surface area is 128 Å². The van der Waals surface area contributed by atoms with Gasteiger partial charge in [0.15, 0.2) is 0 Å². The van der Waals surface area contributed by atoms with Gasteiger partial charge in [-0.1, -0.05) is 30.7 Å². The molecule has 0 fully saturated rings. The van der Waals surface area contributed by atoms with Gasteiger partial charge in [0, 0.05) is 11.1 Å². The standard InChI is InChI=1S/C17H18ClF2N/c1-2-8-21-17(12-4-3-5-15(19)10-12)11-13-9-14(18)6-7-16(13)20/h3-7,9-10,17,21H,2,8,11H2,1H3. The molecule has 2 aromatic rings. The third-order valence-corrected chi connectivity index (χ3v) is 3.56. The van der Waals surface area contributed by atoms with Gasteiger partial charge in [-0.05, 0) is 60.8 Å². The van der Waals surface area contributed by atoms with Gasteiger partial charge in [-0.2, -0.15) is 0 Å². The maximum atomic E-state index is 13.9. The van der Waals surface area contributed by atoms with Crippen LogP contribution in [0.4, 0.5) is 8.78 Å². The summed E-state index contributed by atoms with van der Waals surface area (Å²) in [6.45, 7) is 2.83. The largest absolute Gasteiger partial charge is 0.310 e. The van der Waals surface area contributed by atoms with Crippen LogP contribution in [0.25, 0.3) is 0 Å². The van der Waals surface area contributed by atoms with E-state index in [9.17, 15) is 8.78 Å². The van der Waals surface area contributed by atoms with Crippen LogP contribution >= 0.6 is 11.6 Å². The summed E-state index contributed by atoms with van der Waals surface area (Å²) in [6.07, 6.45) is 1.37. The van der Waals surface area contributed by atoms with Crippen molar-refractivity contribution < 1.29 is 8.78 Å². The zero-order chi connectivity index (χ0) is 15.2. The molecule has 0 saturated carbocycles. The van der Waals surface area contributed by atoms with Crippen molar-refractivity contribution >= 4 is 11.6 Å². The van der Waals surface area contributed by atoms with Crippen molar-refractivity contribution in [3.8, 4) is 0 Å². The van der Waals surface area contributed by atoms with E-state index in [2.05, 4.69) is 12.2 Å². The fraction of sp³-hybridized carbons (Fsp3) is 0.294. The number of benzene rings is 2. The molecule has 0 radical (unpaired) electrons.